The normalized spacial score (nSPS) is 29.3. The molecule has 2 aliphatic rings. The third kappa shape index (κ3) is 4.14. The van der Waals surface area contributed by atoms with E-state index in [1.807, 2.05) is 11.8 Å². The van der Waals surface area contributed by atoms with Gasteiger partial charge in [-0.25, -0.2) is 0 Å². The molecule has 2 nitrogen and oxygen atoms in total. The van der Waals surface area contributed by atoms with Crippen molar-refractivity contribution in [1.29, 1.82) is 0 Å². The molecule has 0 aromatic heterocycles. The lowest BCUT2D eigenvalue weighted by Gasteiger charge is -2.43. The van der Waals surface area contributed by atoms with Crippen molar-refractivity contribution in [3.63, 3.8) is 0 Å². The summed E-state index contributed by atoms with van der Waals surface area (Å²) in [4.78, 5) is 0. The van der Waals surface area contributed by atoms with E-state index < -0.39 is 0 Å². The summed E-state index contributed by atoms with van der Waals surface area (Å²) in [7, 11) is 0. The first kappa shape index (κ1) is 14.7. The molecule has 1 saturated heterocycles. The van der Waals surface area contributed by atoms with Crippen LogP contribution >= 0.6 is 11.8 Å². The first-order valence-corrected chi connectivity index (χ1v) is 8.93. The van der Waals surface area contributed by atoms with Crippen molar-refractivity contribution in [2.45, 2.75) is 75.2 Å². The molecule has 1 aliphatic heterocycles. The van der Waals surface area contributed by atoms with Gasteiger partial charge in [0.25, 0.3) is 0 Å². The molecular weight excluding hydrogens is 242 g/mol. The smallest absolute Gasteiger partial charge is 0.0697 e. The second-order valence-electron chi connectivity index (χ2n) is 6.07. The molecule has 3 heteroatoms. The molecule has 106 valence electrons. The van der Waals surface area contributed by atoms with E-state index >= 15 is 0 Å². The zero-order chi connectivity index (χ0) is 12.8. The quantitative estimate of drug-likeness (QED) is 0.825. The van der Waals surface area contributed by atoms with E-state index in [1.54, 1.807) is 0 Å². The first-order chi connectivity index (χ1) is 8.74. The summed E-state index contributed by atoms with van der Waals surface area (Å²) < 4.78 is 6.14. The van der Waals surface area contributed by atoms with Crippen molar-refractivity contribution < 1.29 is 4.74 Å². The molecule has 2 fully saturated rings. The van der Waals surface area contributed by atoms with Crippen LogP contribution in [-0.2, 0) is 4.74 Å². The Kier molecular flexibility index (Phi) is 5.84. The maximum absolute atomic E-state index is 6.14. The van der Waals surface area contributed by atoms with Crippen molar-refractivity contribution in [1.82, 2.24) is 5.32 Å². The highest BCUT2D eigenvalue weighted by molar-refractivity contribution is 7.99. The van der Waals surface area contributed by atoms with Crippen molar-refractivity contribution in [2.24, 2.45) is 0 Å². The van der Waals surface area contributed by atoms with E-state index in [0.29, 0.717) is 6.04 Å². The lowest BCUT2D eigenvalue weighted by Crippen LogP contribution is -2.48. The van der Waals surface area contributed by atoms with Gasteiger partial charge in [-0.3, -0.25) is 0 Å². The summed E-state index contributed by atoms with van der Waals surface area (Å²) in [5.41, 5.74) is 0.249. The molecule has 2 rings (SSSR count). The highest BCUT2D eigenvalue weighted by Crippen LogP contribution is 2.38. The number of nitrogens with one attached hydrogen (secondary N) is 1. The molecule has 1 heterocycles. The summed E-state index contributed by atoms with van der Waals surface area (Å²) in [6, 6.07) is 0.700. The van der Waals surface area contributed by atoms with Crippen LogP contribution in [-0.4, -0.2) is 36.3 Å². The Morgan fingerprint density at radius 2 is 2.11 bits per heavy atom. The van der Waals surface area contributed by atoms with Gasteiger partial charge in [0.15, 0.2) is 0 Å². The standard InChI is InChI=1S/C15H29NOS/c1-13(18-2)6-10-16-14-7-11-17-15(12-14)8-4-3-5-9-15/h13-14,16H,3-12H2,1-2H3. The zero-order valence-electron chi connectivity index (χ0n) is 12.0. The molecule has 0 amide bonds. The zero-order valence-corrected chi connectivity index (χ0v) is 12.9. The van der Waals surface area contributed by atoms with Crippen LogP contribution in [0.4, 0.5) is 0 Å². The third-order valence-corrected chi connectivity index (χ3v) is 5.68. The van der Waals surface area contributed by atoms with Gasteiger partial charge in [0.1, 0.15) is 0 Å². The monoisotopic (exact) mass is 271 g/mol. The summed E-state index contributed by atoms with van der Waals surface area (Å²) in [6.45, 7) is 4.46. The fourth-order valence-corrected chi connectivity index (χ4v) is 3.71. The molecule has 0 aromatic carbocycles. The van der Waals surface area contributed by atoms with Crippen LogP contribution < -0.4 is 5.32 Å². The maximum Gasteiger partial charge on any atom is 0.0697 e. The van der Waals surface area contributed by atoms with E-state index in [2.05, 4.69) is 18.5 Å². The predicted octanol–water partition coefficient (Wildman–Crippen LogP) is 3.60. The summed E-state index contributed by atoms with van der Waals surface area (Å²) in [5.74, 6) is 0. The molecule has 2 atom stereocenters. The Balaban J connectivity index is 1.72. The minimum atomic E-state index is 0.249. The van der Waals surface area contributed by atoms with Crippen molar-refractivity contribution in [3.8, 4) is 0 Å². The number of hydrogen-bond donors (Lipinski definition) is 1. The second kappa shape index (κ2) is 7.16. The highest BCUT2D eigenvalue weighted by atomic mass is 32.2. The van der Waals surface area contributed by atoms with Gasteiger partial charge in [-0.05, 0) is 44.9 Å². The Morgan fingerprint density at radius 3 is 2.83 bits per heavy atom. The summed E-state index contributed by atoms with van der Waals surface area (Å²) in [5, 5.41) is 4.54. The fourth-order valence-electron chi connectivity index (χ4n) is 3.36. The van der Waals surface area contributed by atoms with Crippen LogP contribution in [0.1, 0.15) is 58.3 Å². The average molecular weight is 271 g/mol. The highest BCUT2D eigenvalue weighted by Gasteiger charge is 2.38. The Labute approximate surface area is 117 Å². The van der Waals surface area contributed by atoms with Crippen molar-refractivity contribution >= 4 is 11.8 Å². The topological polar surface area (TPSA) is 21.3 Å². The van der Waals surface area contributed by atoms with Crippen molar-refractivity contribution in [3.05, 3.63) is 0 Å². The summed E-state index contributed by atoms with van der Waals surface area (Å²) >= 11 is 1.97. The molecule has 0 aromatic rings. The van der Waals surface area contributed by atoms with Gasteiger partial charge in [0.2, 0.25) is 0 Å². The second-order valence-corrected chi connectivity index (χ2v) is 7.35. The van der Waals surface area contributed by atoms with E-state index in [4.69, 9.17) is 4.74 Å². The van der Waals surface area contributed by atoms with E-state index in [1.165, 1.54) is 57.9 Å². The molecular formula is C15H29NOS. The number of hydrogen-bond acceptors (Lipinski definition) is 3. The molecule has 2 unspecified atom stereocenters. The van der Waals surface area contributed by atoms with Crippen LogP contribution in [0.25, 0.3) is 0 Å². The molecule has 18 heavy (non-hydrogen) atoms. The predicted molar refractivity (Wildman–Crippen MR) is 80.4 cm³/mol. The van der Waals surface area contributed by atoms with Gasteiger partial charge < -0.3 is 10.1 Å². The molecule has 0 radical (unpaired) electrons. The van der Waals surface area contributed by atoms with Gasteiger partial charge in [0.05, 0.1) is 5.60 Å². The third-order valence-electron chi connectivity index (χ3n) is 4.64. The largest absolute Gasteiger partial charge is 0.375 e. The Morgan fingerprint density at radius 1 is 1.33 bits per heavy atom. The van der Waals surface area contributed by atoms with Gasteiger partial charge in [-0.1, -0.05) is 26.2 Å². The first-order valence-electron chi connectivity index (χ1n) is 7.64. The molecule has 0 bridgehead atoms. The summed E-state index contributed by atoms with van der Waals surface area (Å²) in [6.07, 6.45) is 12.7. The lowest BCUT2D eigenvalue weighted by molar-refractivity contribution is -0.109. The van der Waals surface area contributed by atoms with Gasteiger partial charge in [0, 0.05) is 17.9 Å². The average Bonchev–Trinajstić information content (AvgIpc) is 2.39. The molecule has 1 saturated carbocycles. The van der Waals surface area contributed by atoms with Crippen LogP contribution in [0.5, 0.6) is 0 Å². The fraction of sp³-hybridized carbons (Fsp3) is 1.00. The number of rotatable bonds is 5. The van der Waals surface area contributed by atoms with E-state index in [9.17, 15) is 0 Å². The minimum absolute atomic E-state index is 0.249. The Hall–Kier alpha value is 0.270. The van der Waals surface area contributed by atoms with E-state index in [-0.39, 0.29) is 5.60 Å². The van der Waals surface area contributed by atoms with Crippen LogP contribution in [0.2, 0.25) is 0 Å². The Bertz CT molecular complexity index is 235. The van der Waals surface area contributed by atoms with E-state index in [0.717, 1.165) is 11.9 Å². The van der Waals surface area contributed by atoms with Gasteiger partial charge in [-0.15, -0.1) is 0 Å². The number of ether oxygens (including phenoxy) is 1. The van der Waals surface area contributed by atoms with Crippen LogP contribution in [0.3, 0.4) is 0 Å². The SMILES string of the molecule is CSC(C)CCNC1CCOC2(CCCCC2)C1. The van der Waals surface area contributed by atoms with Gasteiger partial charge >= 0.3 is 0 Å². The maximum atomic E-state index is 6.14. The van der Waals surface area contributed by atoms with Crippen LogP contribution in [0, 0.1) is 0 Å². The molecule has 1 N–H and O–H groups in total. The lowest BCUT2D eigenvalue weighted by atomic mass is 9.78. The van der Waals surface area contributed by atoms with Gasteiger partial charge in [-0.2, -0.15) is 11.8 Å². The molecule has 1 aliphatic carbocycles. The minimum Gasteiger partial charge on any atom is -0.375 e. The van der Waals surface area contributed by atoms with Crippen molar-refractivity contribution in [2.75, 3.05) is 19.4 Å². The molecule has 1 spiro atoms. The number of thioether (sulfide) groups is 1. The van der Waals surface area contributed by atoms with Crippen LogP contribution in [0.15, 0.2) is 0 Å².